The first kappa shape index (κ1) is 17.6. The van der Waals surface area contributed by atoms with Crippen molar-refractivity contribution in [3.05, 3.63) is 56.5 Å². The average Bonchev–Trinajstić information content (AvgIpc) is 3.40. The van der Waals surface area contributed by atoms with Gasteiger partial charge in [0.15, 0.2) is 0 Å². The first-order valence-electron chi connectivity index (χ1n) is 8.87. The van der Waals surface area contributed by atoms with Crippen LogP contribution in [0, 0.1) is 0 Å². The molecule has 3 amide bonds. The summed E-state index contributed by atoms with van der Waals surface area (Å²) < 4.78 is 6.54. The van der Waals surface area contributed by atoms with E-state index in [2.05, 4.69) is 31.4 Å². The lowest BCUT2D eigenvalue weighted by molar-refractivity contribution is -0.132. The zero-order valence-corrected chi connectivity index (χ0v) is 17.0. The molecule has 1 aliphatic heterocycles. The first-order valence-corrected chi connectivity index (χ1v) is 10.5. The highest BCUT2D eigenvalue weighted by Crippen LogP contribution is 2.42. The summed E-state index contributed by atoms with van der Waals surface area (Å²) in [6.45, 7) is -0.0522. The van der Waals surface area contributed by atoms with Gasteiger partial charge in [0.2, 0.25) is 11.8 Å². The maximum atomic E-state index is 13.2. The largest absolute Gasteiger partial charge is 0.419 e. The van der Waals surface area contributed by atoms with Crippen LogP contribution in [0.1, 0.15) is 29.2 Å². The van der Waals surface area contributed by atoms with E-state index in [4.69, 9.17) is 4.42 Å². The molecule has 1 aliphatic carbocycles. The molecule has 1 spiro atoms. The lowest BCUT2D eigenvalue weighted by Gasteiger charge is -2.31. The molecule has 5 rings (SSSR count). The van der Waals surface area contributed by atoms with Gasteiger partial charge in [0, 0.05) is 14.9 Å². The molecule has 3 heterocycles. The van der Waals surface area contributed by atoms with Crippen molar-refractivity contribution in [2.75, 3.05) is 0 Å². The van der Waals surface area contributed by atoms with Crippen LogP contribution < -0.4 is 5.32 Å². The fraction of sp³-hybridized carbons (Fsp3) is 0.263. The predicted molar refractivity (Wildman–Crippen MR) is 105 cm³/mol. The molecule has 1 saturated heterocycles. The van der Waals surface area contributed by atoms with Crippen molar-refractivity contribution < 1.29 is 14.0 Å². The molecule has 142 valence electrons. The van der Waals surface area contributed by atoms with Crippen molar-refractivity contribution in [1.29, 1.82) is 0 Å². The third-order valence-electron chi connectivity index (χ3n) is 5.20. The van der Waals surface area contributed by atoms with E-state index in [1.807, 2.05) is 35.7 Å². The number of carbonyl (C=O) groups excluding carboxylic acids is 2. The third-order valence-corrected chi connectivity index (χ3v) is 6.87. The molecule has 3 aromatic rings. The van der Waals surface area contributed by atoms with Gasteiger partial charge in [-0.05, 0) is 58.8 Å². The Labute approximate surface area is 172 Å². The SMILES string of the molecule is O=C1NC2(CCCc3sccc32)C(=O)N1Cc1nnc(-c2ccccc2Br)o1. The molecule has 2 aromatic heterocycles. The lowest BCUT2D eigenvalue weighted by Crippen LogP contribution is -2.46. The molecule has 7 nitrogen and oxygen atoms in total. The molecule has 1 aromatic carbocycles. The van der Waals surface area contributed by atoms with Crippen molar-refractivity contribution in [2.45, 2.75) is 31.3 Å². The number of carbonyl (C=O) groups is 2. The van der Waals surface area contributed by atoms with Crippen molar-refractivity contribution in [3.8, 4) is 11.5 Å². The van der Waals surface area contributed by atoms with Crippen LogP contribution in [0.4, 0.5) is 4.79 Å². The molecular weight excluding hydrogens is 444 g/mol. The minimum absolute atomic E-state index is 0.0522. The number of hydrogen-bond donors (Lipinski definition) is 1. The van der Waals surface area contributed by atoms with Crippen molar-refractivity contribution >= 4 is 39.2 Å². The number of benzene rings is 1. The van der Waals surface area contributed by atoms with E-state index in [0.717, 1.165) is 33.3 Å². The highest BCUT2D eigenvalue weighted by atomic mass is 79.9. The number of nitrogens with zero attached hydrogens (tertiary/aromatic N) is 3. The second-order valence-electron chi connectivity index (χ2n) is 6.82. The van der Waals surface area contributed by atoms with Crippen LogP contribution in [0.3, 0.4) is 0 Å². The van der Waals surface area contributed by atoms with Crippen molar-refractivity contribution in [3.63, 3.8) is 0 Å². The van der Waals surface area contributed by atoms with E-state index in [9.17, 15) is 9.59 Å². The number of amides is 3. The molecular formula is C19H15BrN4O3S. The van der Waals surface area contributed by atoms with Crippen LogP contribution >= 0.6 is 27.3 Å². The molecule has 1 N–H and O–H groups in total. The Kier molecular flexibility index (Phi) is 4.09. The zero-order valence-electron chi connectivity index (χ0n) is 14.6. The van der Waals surface area contributed by atoms with Crippen LogP contribution in [-0.2, 0) is 23.3 Å². The van der Waals surface area contributed by atoms with Crippen LogP contribution in [0.2, 0.25) is 0 Å². The van der Waals surface area contributed by atoms with Crippen molar-refractivity contribution in [2.24, 2.45) is 0 Å². The summed E-state index contributed by atoms with van der Waals surface area (Å²) in [7, 11) is 0. The highest BCUT2D eigenvalue weighted by molar-refractivity contribution is 9.10. The molecule has 1 atom stereocenters. The number of thiophene rings is 1. The number of aryl methyl sites for hydroxylation is 1. The topological polar surface area (TPSA) is 88.3 Å². The molecule has 0 bridgehead atoms. The smallest absolute Gasteiger partial charge is 0.325 e. The fourth-order valence-corrected chi connectivity index (χ4v) is 5.34. The Morgan fingerprint density at radius 2 is 2.11 bits per heavy atom. The second-order valence-corrected chi connectivity index (χ2v) is 8.67. The standard InChI is InChI=1S/C19H15BrN4O3S/c20-13-5-2-1-4-11(13)16-23-22-15(27-16)10-24-17(25)19(21-18(24)26)8-3-6-14-12(19)7-9-28-14/h1-2,4-5,7,9H,3,6,8,10H2,(H,21,26). The Bertz CT molecular complexity index is 1090. The molecule has 0 radical (unpaired) electrons. The average molecular weight is 459 g/mol. The van der Waals surface area contributed by atoms with E-state index in [-0.39, 0.29) is 18.3 Å². The summed E-state index contributed by atoms with van der Waals surface area (Å²) in [4.78, 5) is 28.2. The van der Waals surface area contributed by atoms with E-state index < -0.39 is 11.6 Å². The Balaban J connectivity index is 1.43. The Morgan fingerprint density at radius 1 is 1.25 bits per heavy atom. The van der Waals surface area contributed by atoms with E-state index >= 15 is 0 Å². The number of aromatic nitrogens is 2. The number of fused-ring (bicyclic) bond motifs is 2. The molecule has 28 heavy (non-hydrogen) atoms. The highest BCUT2D eigenvalue weighted by Gasteiger charge is 2.54. The monoisotopic (exact) mass is 458 g/mol. The van der Waals surface area contributed by atoms with Crippen LogP contribution in [0.15, 0.2) is 44.6 Å². The number of hydrogen-bond acceptors (Lipinski definition) is 6. The first-order chi connectivity index (χ1) is 13.6. The lowest BCUT2D eigenvalue weighted by atomic mass is 9.80. The summed E-state index contributed by atoms with van der Waals surface area (Å²) in [5, 5.41) is 13.0. The number of nitrogens with one attached hydrogen (secondary N) is 1. The molecule has 0 saturated carbocycles. The van der Waals surface area contributed by atoms with Gasteiger partial charge in [-0.2, -0.15) is 0 Å². The van der Waals surface area contributed by atoms with Crippen LogP contribution in [0.5, 0.6) is 0 Å². The zero-order chi connectivity index (χ0) is 19.3. The molecule has 1 unspecified atom stereocenters. The maximum absolute atomic E-state index is 13.2. The van der Waals surface area contributed by atoms with Gasteiger partial charge < -0.3 is 9.73 Å². The molecule has 2 aliphatic rings. The molecule has 9 heteroatoms. The number of urea groups is 1. The van der Waals surface area contributed by atoms with Crippen LogP contribution in [0.25, 0.3) is 11.5 Å². The second kappa shape index (κ2) is 6.52. The predicted octanol–water partition coefficient (Wildman–Crippen LogP) is 3.84. The van der Waals surface area contributed by atoms with Gasteiger partial charge in [0.1, 0.15) is 12.1 Å². The summed E-state index contributed by atoms with van der Waals surface area (Å²) >= 11 is 5.08. The van der Waals surface area contributed by atoms with E-state index in [0.29, 0.717) is 12.3 Å². The van der Waals surface area contributed by atoms with Gasteiger partial charge in [-0.25, -0.2) is 4.79 Å². The Morgan fingerprint density at radius 3 is 2.96 bits per heavy atom. The fourth-order valence-electron chi connectivity index (χ4n) is 3.88. The van der Waals surface area contributed by atoms with Crippen LogP contribution in [-0.4, -0.2) is 27.0 Å². The number of imide groups is 1. The van der Waals surface area contributed by atoms with Gasteiger partial charge in [-0.1, -0.05) is 12.1 Å². The minimum Gasteiger partial charge on any atom is -0.419 e. The number of rotatable bonds is 3. The van der Waals surface area contributed by atoms with E-state index in [1.54, 1.807) is 11.3 Å². The van der Waals surface area contributed by atoms with Gasteiger partial charge >= 0.3 is 6.03 Å². The van der Waals surface area contributed by atoms with Crippen molar-refractivity contribution in [1.82, 2.24) is 20.4 Å². The normalized spacial score (nSPS) is 21.2. The number of halogens is 1. The van der Waals surface area contributed by atoms with E-state index in [1.165, 1.54) is 4.90 Å². The summed E-state index contributed by atoms with van der Waals surface area (Å²) in [5.41, 5.74) is 0.713. The summed E-state index contributed by atoms with van der Waals surface area (Å²) in [5.74, 6) is 0.298. The van der Waals surface area contributed by atoms with Gasteiger partial charge in [-0.15, -0.1) is 21.5 Å². The maximum Gasteiger partial charge on any atom is 0.325 e. The van der Waals surface area contributed by atoms with Gasteiger partial charge in [0.05, 0.1) is 5.56 Å². The minimum atomic E-state index is -0.962. The van der Waals surface area contributed by atoms with Gasteiger partial charge in [0.25, 0.3) is 5.91 Å². The summed E-state index contributed by atoms with van der Waals surface area (Å²) in [6, 6.07) is 9.00. The van der Waals surface area contributed by atoms with Gasteiger partial charge in [-0.3, -0.25) is 9.69 Å². The third kappa shape index (κ3) is 2.61. The molecule has 1 fully saturated rings. The Hall–Kier alpha value is -2.52. The summed E-state index contributed by atoms with van der Waals surface area (Å²) in [6.07, 6.45) is 2.40. The quantitative estimate of drug-likeness (QED) is 0.602.